The number of rotatable bonds is 5. The molecule has 0 unspecified atom stereocenters. The first kappa shape index (κ1) is 20.2. The highest BCUT2D eigenvalue weighted by Gasteiger charge is 2.21. The molecule has 0 spiro atoms. The van der Waals surface area contributed by atoms with E-state index in [1.807, 2.05) is 88.4 Å². The van der Waals surface area contributed by atoms with Gasteiger partial charge in [-0.15, -0.1) is 0 Å². The van der Waals surface area contributed by atoms with Crippen molar-refractivity contribution < 1.29 is 9.84 Å². The van der Waals surface area contributed by atoms with E-state index in [1.165, 1.54) is 0 Å². The van der Waals surface area contributed by atoms with Crippen LogP contribution in [0.3, 0.4) is 0 Å². The molecule has 0 radical (unpaired) electrons. The van der Waals surface area contributed by atoms with Gasteiger partial charge in [-0.3, -0.25) is 0 Å². The Hall–Kier alpha value is -1.84. The number of ether oxygens (including phenoxy) is 1. The highest BCUT2D eigenvalue weighted by atomic mass is 16.5. The molecule has 22 heavy (non-hydrogen) atoms. The van der Waals surface area contributed by atoms with Crippen LogP contribution in [0.5, 0.6) is 5.75 Å². The summed E-state index contributed by atoms with van der Waals surface area (Å²) >= 11 is 0. The minimum Gasteiger partial charge on any atom is -0.483 e. The molecule has 0 aliphatic rings. The zero-order chi connectivity index (χ0) is 16.8. The number of aliphatic hydroxyl groups is 1. The fourth-order valence-electron chi connectivity index (χ4n) is 1.78. The first-order valence-corrected chi connectivity index (χ1v) is 7.96. The van der Waals surface area contributed by atoms with Gasteiger partial charge in [-0.2, -0.15) is 0 Å². The van der Waals surface area contributed by atoms with Crippen molar-refractivity contribution in [3.05, 3.63) is 66.2 Å². The molecule has 0 fully saturated rings. The zero-order valence-corrected chi connectivity index (χ0v) is 14.1. The summed E-state index contributed by atoms with van der Waals surface area (Å²) in [5.41, 5.74) is 6.45. The third-order valence-electron chi connectivity index (χ3n) is 2.73. The maximum absolute atomic E-state index is 9.98. The van der Waals surface area contributed by atoms with Gasteiger partial charge in [0.25, 0.3) is 0 Å². The maximum Gasteiger partial charge on any atom is 0.151 e. The molecule has 0 saturated heterocycles. The van der Waals surface area contributed by atoms with Crippen LogP contribution in [-0.2, 0) is 0 Å². The van der Waals surface area contributed by atoms with Crippen molar-refractivity contribution in [2.45, 2.75) is 39.9 Å². The molecule has 2 aromatic rings. The van der Waals surface area contributed by atoms with E-state index in [0.29, 0.717) is 0 Å². The Morgan fingerprint density at radius 2 is 1.32 bits per heavy atom. The Morgan fingerprint density at radius 1 is 0.864 bits per heavy atom. The van der Waals surface area contributed by atoms with E-state index < -0.39 is 12.2 Å². The quantitative estimate of drug-likeness (QED) is 0.871. The molecule has 0 aromatic heterocycles. The van der Waals surface area contributed by atoms with Crippen LogP contribution in [0.2, 0.25) is 0 Å². The standard InChI is InChI=1S/C15H17NO2.2C2H6/c16-11-14(17)15(12-7-3-1-4-8-12)18-13-9-5-2-6-10-13;2*1-2/h1-10,14-15,17H,11,16H2;2*1-2H3/t14-,15-;;/m0../s1. The molecule has 0 saturated carbocycles. The van der Waals surface area contributed by atoms with Crippen LogP contribution in [0.4, 0.5) is 0 Å². The van der Waals surface area contributed by atoms with Crippen LogP contribution in [-0.4, -0.2) is 17.8 Å². The van der Waals surface area contributed by atoms with Gasteiger partial charge in [-0.05, 0) is 17.7 Å². The molecule has 3 heteroatoms. The van der Waals surface area contributed by atoms with E-state index in [0.717, 1.165) is 11.3 Å². The number of hydrogen-bond acceptors (Lipinski definition) is 3. The topological polar surface area (TPSA) is 55.5 Å². The first-order chi connectivity index (χ1) is 10.8. The summed E-state index contributed by atoms with van der Waals surface area (Å²) < 4.78 is 5.82. The lowest BCUT2D eigenvalue weighted by Crippen LogP contribution is -2.30. The largest absolute Gasteiger partial charge is 0.483 e. The number of para-hydroxylation sites is 1. The van der Waals surface area contributed by atoms with E-state index in [9.17, 15) is 5.11 Å². The second-order valence-electron chi connectivity index (χ2n) is 4.07. The molecule has 2 atom stereocenters. The molecular weight excluding hydrogens is 274 g/mol. The van der Waals surface area contributed by atoms with Crippen LogP contribution >= 0.6 is 0 Å². The minimum absolute atomic E-state index is 0.159. The van der Waals surface area contributed by atoms with Crippen LogP contribution in [0.15, 0.2) is 60.7 Å². The van der Waals surface area contributed by atoms with Gasteiger partial charge in [0.2, 0.25) is 0 Å². The average Bonchev–Trinajstić information content (AvgIpc) is 2.64. The van der Waals surface area contributed by atoms with E-state index in [-0.39, 0.29) is 6.54 Å². The Balaban J connectivity index is 0.00000102. The molecule has 0 aliphatic carbocycles. The summed E-state index contributed by atoms with van der Waals surface area (Å²) in [5, 5.41) is 9.98. The molecule has 3 nitrogen and oxygen atoms in total. The number of aliphatic hydroxyl groups excluding tert-OH is 1. The van der Waals surface area contributed by atoms with Gasteiger partial charge in [0.05, 0.1) is 0 Å². The molecule has 3 N–H and O–H groups in total. The summed E-state index contributed by atoms with van der Waals surface area (Å²) in [6.07, 6.45) is -1.17. The van der Waals surface area contributed by atoms with E-state index in [2.05, 4.69) is 0 Å². The van der Waals surface area contributed by atoms with Crippen LogP contribution < -0.4 is 10.5 Å². The molecule has 2 aromatic carbocycles. The van der Waals surface area contributed by atoms with Crippen molar-refractivity contribution in [3.8, 4) is 5.75 Å². The Kier molecular flexibility index (Phi) is 11.8. The molecular formula is C19H29NO2. The molecule has 0 amide bonds. The SMILES string of the molecule is CC.CC.NC[C@H](O)[C@@H](Oc1ccccc1)c1ccccc1. The van der Waals surface area contributed by atoms with E-state index >= 15 is 0 Å². The van der Waals surface area contributed by atoms with Crippen LogP contribution in [0, 0.1) is 0 Å². The summed E-state index contributed by atoms with van der Waals surface area (Å²) in [5.74, 6) is 0.721. The lowest BCUT2D eigenvalue weighted by molar-refractivity contribution is 0.0414. The van der Waals surface area contributed by atoms with E-state index in [4.69, 9.17) is 10.5 Å². The first-order valence-electron chi connectivity index (χ1n) is 7.96. The Bertz CT molecular complexity index is 459. The fraction of sp³-hybridized carbons (Fsp3) is 0.368. The highest BCUT2D eigenvalue weighted by molar-refractivity contribution is 5.25. The normalized spacial score (nSPS) is 11.9. The van der Waals surface area contributed by atoms with Crippen LogP contribution in [0.25, 0.3) is 0 Å². The third kappa shape index (κ3) is 6.74. The van der Waals surface area contributed by atoms with Gasteiger partial charge >= 0.3 is 0 Å². The predicted molar refractivity (Wildman–Crippen MR) is 94.0 cm³/mol. The molecule has 0 heterocycles. The van der Waals surface area contributed by atoms with Crippen molar-refractivity contribution in [1.29, 1.82) is 0 Å². The monoisotopic (exact) mass is 303 g/mol. The average molecular weight is 303 g/mol. The number of nitrogens with two attached hydrogens (primary N) is 1. The second kappa shape index (κ2) is 12.9. The second-order valence-corrected chi connectivity index (χ2v) is 4.07. The molecule has 0 aliphatic heterocycles. The summed E-state index contributed by atoms with van der Waals surface area (Å²) in [6, 6.07) is 19.0. The summed E-state index contributed by atoms with van der Waals surface area (Å²) in [4.78, 5) is 0. The lowest BCUT2D eigenvalue weighted by Gasteiger charge is -2.23. The van der Waals surface area contributed by atoms with Crippen molar-refractivity contribution in [1.82, 2.24) is 0 Å². The number of benzene rings is 2. The van der Waals surface area contributed by atoms with Crippen LogP contribution in [0.1, 0.15) is 39.4 Å². The summed E-state index contributed by atoms with van der Waals surface area (Å²) in [7, 11) is 0. The number of hydrogen-bond donors (Lipinski definition) is 2. The third-order valence-corrected chi connectivity index (χ3v) is 2.73. The zero-order valence-electron chi connectivity index (χ0n) is 14.1. The van der Waals surface area contributed by atoms with Gasteiger partial charge in [-0.25, -0.2) is 0 Å². The Labute approximate surface area is 134 Å². The van der Waals surface area contributed by atoms with E-state index in [1.54, 1.807) is 0 Å². The van der Waals surface area contributed by atoms with Crippen molar-refractivity contribution in [2.24, 2.45) is 5.73 Å². The van der Waals surface area contributed by atoms with Gasteiger partial charge in [0.1, 0.15) is 11.9 Å². The Morgan fingerprint density at radius 3 is 1.77 bits per heavy atom. The highest BCUT2D eigenvalue weighted by Crippen LogP contribution is 2.24. The summed E-state index contributed by atoms with van der Waals surface area (Å²) in [6.45, 7) is 8.16. The predicted octanol–water partition coefficient (Wildman–Crippen LogP) is 4.18. The van der Waals surface area contributed by atoms with Gasteiger partial charge in [-0.1, -0.05) is 76.2 Å². The molecule has 0 bridgehead atoms. The lowest BCUT2D eigenvalue weighted by atomic mass is 10.0. The molecule has 122 valence electrons. The van der Waals surface area contributed by atoms with Gasteiger partial charge in [0, 0.05) is 6.54 Å². The van der Waals surface area contributed by atoms with Crippen molar-refractivity contribution >= 4 is 0 Å². The molecule has 2 rings (SSSR count). The fourth-order valence-corrected chi connectivity index (χ4v) is 1.78. The minimum atomic E-state index is -0.729. The van der Waals surface area contributed by atoms with Gasteiger partial charge in [0.15, 0.2) is 6.10 Å². The van der Waals surface area contributed by atoms with Gasteiger partial charge < -0.3 is 15.6 Å². The maximum atomic E-state index is 9.98. The van der Waals surface area contributed by atoms with Crippen molar-refractivity contribution in [2.75, 3.05) is 6.54 Å². The smallest absolute Gasteiger partial charge is 0.151 e. The van der Waals surface area contributed by atoms with Crippen molar-refractivity contribution in [3.63, 3.8) is 0 Å².